The molecule has 0 unspecified atom stereocenters. The maximum absolute atomic E-state index is 8.69. The van der Waals surface area contributed by atoms with Crippen molar-refractivity contribution in [2.45, 2.75) is 32.7 Å². The largest absolute Gasteiger partial charge is 0.312 e. The van der Waals surface area contributed by atoms with E-state index in [1.165, 1.54) is 0 Å². The van der Waals surface area contributed by atoms with E-state index >= 15 is 0 Å². The van der Waals surface area contributed by atoms with Crippen LogP contribution in [-0.2, 0) is 13.0 Å². The van der Waals surface area contributed by atoms with Crippen molar-refractivity contribution in [3.63, 3.8) is 0 Å². The number of aromatic nitrogens is 3. The molecule has 88 valence electrons. The number of hydrogen-bond donors (Lipinski definition) is 0. The average molecular weight is 293 g/mol. The van der Waals surface area contributed by atoms with Crippen LogP contribution in [-0.4, -0.2) is 14.5 Å². The van der Waals surface area contributed by atoms with Crippen molar-refractivity contribution in [1.29, 1.82) is 5.26 Å². The third-order valence-corrected chi connectivity index (χ3v) is 2.99. The van der Waals surface area contributed by atoms with Gasteiger partial charge in [0.25, 0.3) is 0 Å². The molecule has 0 bridgehead atoms. The lowest BCUT2D eigenvalue weighted by Gasteiger charge is -2.04. The van der Waals surface area contributed by atoms with Crippen LogP contribution in [0.5, 0.6) is 0 Å². The number of rotatable bonds is 4. The number of halogens is 1. The number of nitrogens with zero attached hydrogens (tertiary/aromatic N) is 4. The average Bonchev–Trinajstić information content (AvgIpc) is 2.63. The number of imidazole rings is 1. The molecule has 17 heavy (non-hydrogen) atoms. The van der Waals surface area contributed by atoms with E-state index in [1.807, 2.05) is 6.07 Å². The second-order valence-electron chi connectivity index (χ2n) is 3.83. The standard InChI is InChI=1S/C12H13BrN4/c1-2-4-11-16-10-7-9(13)8-15-12(10)17(11)6-3-5-14/h7-8H,2-4,6H2,1H3. The molecule has 2 aromatic heterocycles. The quantitative estimate of drug-likeness (QED) is 0.870. The van der Waals surface area contributed by atoms with E-state index in [4.69, 9.17) is 5.26 Å². The second-order valence-corrected chi connectivity index (χ2v) is 4.75. The molecular formula is C12H13BrN4. The predicted octanol–water partition coefficient (Wildman–Crippen LogP) is 3.06. The van der Waals surface area contributed by atoms with Crippen LogP contribution in [0.1, 0.15) is 25.6 Å². The van der Waals surface area contributed by atoms with Gasteiger partial charge in [0.15, 0.2) is 5.65 Å². The van der Waals surface area contributed by atoms with Crippen LogP contribution >= 0.6 is 15.9 Å². The Morgan fingerprint density at radius 2 is 2.35 bits per heavy atom. The Bertz CT molecular complexity index is 568. The van der Waals surface area contributed by atoms with Gasteiger partial charge in [0.05, 0.1) is 12.5 Å². The van der Waals surface area contributed by atoms with Gasteiger partial charge >= 0.3 is 0 Å². The fraction of sp³-hybridized carbons (Fsp3) is 0.417. The summed E-state index contributed by atoms with van der Waals surface area (Å²) in [7, 11) is 0. The van der Waals surface area contributed by atoms with Crippen molar-refractivity contribution >= 4 is 27.1 Å². The number of nitriles is 1. The lowest BCUT2D eigenvalue weighted by atomic mass is 10.3. The second kappa shape index (κ2) is 5.28. The number of hydrogen-bond acceptors (Lipinski definition) is 3. The Hall–Kier alpha value is -1.41. The molecular weight excluding hydrogens is 280 g/mol. The molecule has 2 aromatic rings. The molecule has 0 fully saturated rings. The smallest absolute Gasteiger partial charge is 0.160 e. The van der Waals surface area contributed by atoms with E-state index < -0.39 is 0 Å². The van der Waals surface area contributed by atoms with Crippen molar-refractivity contribution in [3.8, 4) is 6.07 Å². The molecule has 4 nitrogen and oxygen atoms in total. The molecule has 0 amide bonds. The summed E-state index contributed by atoms with van der Waals surface area (Å²) in [5.74, 6) is 1.02. The van der Waals surface area contributed by atoms with E-state index in [1.54, 1.807) is 6.20 Å². The van der Waals surface area contributed by atoms with Gasteiger partial charge in [-0.15, -0.1) is 0 Å². The highest BCUT2D eigenvalue weighted by Crippen LogP contribution is 2.19. The number of aryl methyl sites for hydroxylation is 2. The minimum absolute atomic E-state index is 0.486. The summed E-state index contributed by atoms with van der Waals surface area (Å²) in [6.45, 7) is 2.79. The predicted molar refractivity (Wildman–Crippen MR) is 69.5 cm³/mol. The number of pyridine rings is 1. The van der Waals surface area contributed by atoms with Crippen LogP contribution in [0, 0.1) is 11.3 Å². The highest BCUT2D eigenvalue weighted by atomic mass is 79.9. The van der Waals surface area contributed by atoms with Crippen LogP contribution < -0.4 is 0 Å². The molecule has 2 rings (SSSR count). The summed E-state index contributed by atoms with van der Waals surface area (Å²) in [4.78, 5) is 8.96. The van der Waals surface area contributed by atoms with E-state index in [9.17, 15) is 0 Å². The third-order valence-electron chi connectivity index (χ3n) is 2.55. The lowest BCUT2D eigenvalue weighted by molar-refractivity contribution is 0.666. The summed E-state index contributed by atoms with van der Waals surface area (Å²) in [5.41, 5.74) is 1.76. The van der Waals surface area contributed by atoms with Gasteiger partial charge in [-0.3, -0.25) is 0 Å². The van der Waals surface area contributed by atoms with Crippen molar-refractivity contribution in [3.05, 3.63) is 22.6 Å². The first kappa shape index (κ1) is 12.1. The van der Waals surface area contributed by atoms with Crippen molar-refractivity contribution < 1.29 is 0 Å². The maximum Gasteiger partial charge on any atom is 0.160 e. The molecule has 0 aliphatic rings. The highest BCUT2D eigenvalue weighted by molar-refractivity contribution is 9.10. The van der Waals surface area contributed by atoms with Crippen molar-refractivity contribution in [2.75, 3.05) is 0 Å². The summed E-state index contributed by atoms with van der Waals surface area (Å²) >= 11 is 3.39. The van der Waals surface area contributed by atoms with Crippen molar-refractivity contribution in [2.24, 2.45) is 0 Å². The first-order chi connectivity index (χ1) is 8.26. The SMILES string of the molecule is CCCc1nc2cc(Br)cnc2n1CCC#N. The van der Waals surface area contributed by atoms with Crippen LogP contribution in [0.3, 0.4) is 0 Å². The molecule has 0 spiro atoms. The maximum atomic E-state index is 8.69. The Morgan fingerprint density at radius 1 is 1.53 bits per heavy atom. The van der Waals surface area contributed by atoms with Crippen LogP contribution in [0.4, 0.5) is 0 Å². The number of fused-ring (bicyclic) bond motifs is 1. The molecule has 0 N–H and O–H groups in total. The Labute approximate surface area is 108 Å². The summed E-state index contributed by atoms with van der Waals surface area (Å²) in [6, 6.07) is 4.13. The Morgan fingerprint density at radius 3 is 3.06 bits per heavy atom. The van der Waals surface area contributed by atoms with Gasteiger partial charge in [0.2, 0.25) is 0 Å². The first-order valence-corrected chi connectivity index (χ1v) is 6.43. The molecule has 2 heterocycles. The van der Waals surface area contributed by atoms with Gasteiger partial charge in [0, 0.05) is 23.6 Å². The molecule has 5 heteroatoms. The fourth-order valence-electron chi connectivity index (χ4n) is 1.84. The molecule has 0 saturated carbocycles. The van der Waals surface area contributed by atoms with Gasteiger partial charge in [0.1, 0.15) is 11.3 Å². The minimum Gasteiger partial charge on any atom is -0.312 e. The first-order valence-electron chi connectivity index (χ1n) is 5.64. The Balaban J connectivity index is 2.51. The molecule has 0 aliphatic carbocycles. The van der Waals surface area contributed by atoms with Crippen LogP contribution in [0.25, 0.3) is 11.2 Å². The van der Waals surface area contributed by atoms with Gasteiger partial charge in [-0.05, 0) is 28.4 Å². The molecule has 0 radical (unpaired) electrons. The van der Waals surface area contributed by atoms with Gasteiger partial charge in [-0.25, -0.2) is 9.97 Å². The van der Waals surface area contributed by atoms with Crippen LogP contribution in [0.2, 0.25) is 0 Å². The zero-order chi connectivity index (χ0) is 12.3. The lowest BCUT2D eigenvalue weighted by Crippen LogP contribution is -2.04. The monoisotopic (exact) mass is 292 g/mol. The fourth-order valence-corrected chi connectivity index (χ4v) is 2.16. The highest BCUT2D eigenvalue weighted by Gasteiger charge is 2.11. The molecule has 0 aromatic carbocycles. The van der Waals surface area contributed by atoms with Crippen LogP contribution in [0.15, 0.2) is 16.7 Å². The Kier molecular flexibility index (Phi) is 3.75. The topological polar surface area (TPSA) is 54.5 Å². The minimum atomic E-state index is 0.486. The van der Waals surface area contributed by atoms with E-state index in [-0.39, 0.29) is 0 Å². The summed E-state index contributed by atoms with van der Waals surface area (Å²) in [6.07, 6.45) is 4.21. The van der Waals surface area contributed by atoms with E-state index in [0.717, 1.165) is 34.3 Å². The summed E-state index contributed by atoms with van der Waals surface area (Å²) in [5, 5.41) is 8.69. The van der Waals surface area contributed by atoms with Gasteiger partial charge in [-0.1, -0.05) is 6.92 Å². The molecule has 0 aliphatic heterocycles. The van der Waals surface area contributed by atoms with Gasteiger partial charge in [-0.2, -0.15) is 5.26 Å². The summed E-state index contributed by atoms with van der Waals surface area (Å²) < 4.78 is 2.98. The van der Waals surface area contributed by atoms with Crippen molar-refractivity contribution in [1.82, 2.24) is 14.5 Å². The van der Waals surface area contributed by atoms with E-state index in [0.29, 0.717) is 13.0 Å². The third kappa shape index (κ3) is 2.47. The zero-order valence-corrected chi connectivity index (χ0v) is 11.2. The molecule has 0 saturated heterocycles. The molecule has 0 atom stereocenters. The van der Waals surface area contributed by atoms with E-state index in [2.05, 4.69) is 43.5 Å². The van der Waals surface area contributed by atoms with Gasteiger partial charge < -0.3 is 4.57 Å². The zero-order valence-electron chi connectivity index (χ0n) is 9.65. The normalized spacial score (nSPS) is 10.6.